The summed E-state index contributed by atoms with van der Waals surface area (Å²) in [6.07, 6.45) is 4.88. The van der Waals surface area contributed by atoms with Crippen LogP contribution in [0.15, 0.2) is 66.7 Å². The maximum Gasteiger partial charge on any atom is 0.255 e. The van der Waals surface area contributed by atoms with E-state index in [4.69, 9.17) is 28.2 Å². The van der Waals surface area contributed by atoms with E-state index in [1.807, 2.05) is 54.6 Å². The Balaban J connectivity index is 1.44. The van der Waals surface area contributed by atoms with Gasteiger partial charge in [-0.25, -0.2) is 4.98 Å². The molecule has 0 aliphatic rings. The first-order valence-corrected chi connectivity index (χ1v) is 19.0. The minimum absolute atomic E-state index is 0.00661. The lowest BCUT2D eigenvalue weighted by Gasteiger charge is -2.23. The second kappa shape index (κ2) is 13.9. The molecule has 0 radical (unpaired) electrons. The minimum atomic E-state index is -0.758. The molecule has 7 nitrogen and oxygen atoms in total. The zero-order chi connectivity index (χ0) is 28.7. The standard InChI is InChI=1S/C29H32Cl2IN5O2S/c1-40(2,32)17-12-27(38)33-23-5-3-4-20(18-23)28-35-25-11-6-21(19-26(25)36-28)29(39)34-22-7-9-24(10-8-22)37(15-13-30)16-14-31/h3-11,18-19H,12-17H2,1-2H3,(H,33,38)(H,34,39)(H,35,36). The van der Waals surface area contributed by atoms with Crippen molar-refractivity contribution in [1.82, 2.24) is 9.97 Å². The number of rotatable bonds is 12. The predicted octanol–water partition coefficient (Wildman–Crippen LogP) is 7.51. The van der Waals surface area contributed by atoms with Gasteiger partial charge in [-0.2, -0.15) is 7.20 Å². The first-order chi connectivity index (χ1) is 19.1. The number of hydrogen-bond donors (Lipinski definition) is 3. The van der Waals surface area contributed by atoms with Crippen molar-refractivity contribution in [3.8, 4) is 11.4 Å². The number of imidazole rings is 1. The zero-order valence-corrected chi connectivity index (χ0v) is 26.8. The van der Waals surface area contributed by atoms with Gasteiger partial charge in [0.25, 0.3) is 5.91 Å². The van der Waals surface area contributed by atoms with Crippen molar-refractivity contribution in [3.05, 3.63) is 72.3 Å². The molecule has 0 unspecified atom stereocenters. The Morgan fingerprint density at radius 2 is 1.68 bits per heavy atom. The number of fused-ring (bicyclic) bond motifs is 1. The van der Waals surface area contributed by atoms with Gasteiger partial charge >= 0.3 is 0 Å². The lowest BCUT2D eigenvalue weighted by molar-refractivity contribution is -0.115. The van der Waals surface area contributed by atoms with Crippen molar-refractivity contribution in [3.63, 3.8) is 0 Å². The molecule has 4 rings (SSSR count). The highest BCUT2D eigenvalue weighted by Crippen LogP contribution is 2.49. The summed E-state index contributed by atoms with van der Waals surface area (Å²) in [7, 11) is -0.758. The number of benzene rings is 3. The number of nitrogens with one attached hydrogen (secondary N) is 3. The second-order valence-electron chi connectivity index (χ2n) is 9.67. The number of carbonyl (C=O) groups excluding carboxylic acids is 2. The van der Waals surface area contributed by atoms with E-state index in [0.29, 0.717) is 48.3 Å². The SMILES string of the molecule is CS(C)(I)CCC(=O)Nc1cccc(-c2nc3ccc(C(=O)Nc4ccc(N(CCCl)CCCl)cc4)cc3[nH]2)c1. The molecular weight excluding hydrogens is 680 g/mol. The highest BCUT2D eigenvalue weighted by Gasteiger charge is 2.13. The molecule has 4 aromatic rings. The van der Waals surface area contributed by atoms with Crippen molar-refractivity contribution < 1.29 is 9.59 Å². The van der Waals surface area contributed by atoms with Crippen LogP contribution in [0.3, 0.4) is 0 Å². The number of anilines is 3. The van der Waals surface area contributed by atoms with Gasteiger partial charge in [0, 0.05) is 59.5 Å². The second-order valence-corrected chi connectivity index (χ2v) is 20.8. The van der Waals surface area contributed by atoms with E-state index in [-0.39, 0.29) is 11.8 Å². The molecule has 3 aromatic carbocycles. The Morgan fingerprint density at radius 1 is 0.950 bits per heavy atom. The molecule has 0 bridgehead atoms. The Bertz CT molecular complexity index is 1470. The number of hydrogen-bond acceptors (Lipinski definition) is 4. The van der Waals surface area contributed by atoms with Crippen LogP contribution in [0.1, 0.15) is 16.8 Å². The summed E-state index contributed by atoms with van der Waals surface area (Å²) in [4.78, 5) is 35.5. The number of alkyl halides is 2. The van der Waals surface area contributed by atoms with Crippen LogP contribution < -0.4 is 15.5 Å². The van der Waals surface area contributed by atoms with E-state index in [1.54, 1.807) is 12.1 Å². The molecule has 3 N–H and O–H groups in total. The molecule has 0 aliphatic carbocycles. The molecule has 1 heterocycles. The molecule has 1 aromatic heterocycles. The van der Waals surface area contributed by atoms with E-state index in [9.17, 15) is 9.59 Å². The van der Waals surface area contributed by atoms with Crippen LogP contribution in [0.5, 0.6) is 0 Å². The number of halogens is 3. The summed E-state index contributed by atoms with van der Waals surface area (Å²) in [5.74, 6) is 2.35. The number of carbonyl (C=O) groups is 2. The van der Waals surface area contributed by atoms with Crippen LogP contribution in [0, 0.1) is 0 Å². The van der Waals surface area contributed by atoms with Gasteiger partial charge in [0.1, 0.15) is 5.82 Å². The molecule has 0 saturated carbocycles. The summed E-state index contributed by atoms with van der Waals surface area (Å²) in [5, 5.41) is 5.94. The fraction of sp³-hybridized carbons (Fsp3) is 0.276. The maximum absolute atomic E-state index is 13.0. The first-order valence-electron chi connectivity index (χ1n) is 12.7. The highest BCUT2D eigenvalue weighted by atomic mass is 127. The van der Waals surface area contributed by atoms with E-state index in [1.165, 1.54) is 0 Å². The summed E-state index contributed by atoms with van der Waals surface area (Å²) >= 11 is 14.3. The molecule has 40 heavy (non-hydrogen) atoms. The average molecular weight is 712 g/mol. The predicted molar refractivity (Wildman–Crippen MR) is 181 cm³/mol. The third-order valence-electron chi connectivity index (χ3n) is 6.18. The normalized spacial score (nSPS) is 11.8. The Labute approximate surface area is 258 Å². The number of nitrogens with zero attached hydrogens (tertiary/aromatic N) is 2. The van der Waals surface area contributed by atoms with Crippen LogP contribution in [-0.4, -0.2) is 64.9 Å². The first kappa shape index (κ1) is 30.5. The van der Waals surface area contributed by atoms with E-state index in [0.717, 1.165) is 33.7 Å². The monoisotopic (exact) mass is 711 g/mol. The van der Waals surface area contributed by atoms with Crippen LogP contribution in [0.4, 0.5) is 17.1 Å². The Kier molecular flexibility index (Phi) is 10.6. The third kappa shape index (κ3) is 8.52. The highest BCUT2D eigenvalue weighted by molar-refractivity contribution is 14.2. The number of aromatic nitrogens is 2. The van der Waals surface area contributed by atoms with Gasteiger partial charge in [-0.1, -0.05) is 12.1 Å². The molecule has 11 heteroatoms. The largest absolute Gasteiger partial charge is 0.369 e. The average Bonchev–Trinajstić information content (AvgIpc) is 3.36. The Morgan fingerprint density at radius 3 is 2.35 bits per heavy atom. The summed E-state index contributed by atoms with van der Waals surface area (Å²) in [6, 6.07) is 20.6. The molecule has 0 aliphatic heterocycles. The fourth-order valence-electron chi connectivity index (χ4n) is 4.12. The molecular formula is C29H32Cl2IN5O2S. The summed E-state index contributed by atoms with van der Waals surface area (Å²) in [5.41, 5.74) is 5.27. The van der Waals surface area contributed by atoms with E-state index < -0.39 is 7.20 Å². The van der Waals surface area contributed by atoms with Gasteiger partial charge in [0.2, 0.25) is 5.91 Å². The minimum Gasteiger partial charge on any atom is -0.369 e. The van der Waals surface area contributed by atoms with Gasteiger partial charge in [0.15, 0.2) is 0 Å². The maximum atomic E-state index is 13.0. The van der Waals surface area contributed by atoms with Crippen LogP contribution >= 0.6 is 51.6 Å². The van der Waals surface area contributed by atoms with Gasteiger partial charge in [-0.05, 0) is 94.1 Å². The summed E-state index contributed by atoms with van der Waals surface area (Å²) < 4.78 is 0. The molecule has 0 saturated heterocycles. The van der Waals surface area contributed by atoms with Crippen molar-refractivity contribution >= 4 is 91.5 Å². The van der Waals surface area contributed by atoms with Crippen molar-refractivity contribution in [2.24, 2.45) is 0 Å². The van der Waals surface area contributed by atoms with Crippen molar-refractivity contribution in [2.45, 2.75) is 6.42 Å². The third-order valence-corrected chi connectivity index (χ3v) is 9.01. The van der Waals surface area contributed by atoms with E-state index in [2.05, 4.69) is 54.2 Å². The lowest BCUT2D eigenvalue weighted by Crippen LogP contribution is -2.27. The fourth-order valence-corrected chi connectivity index (χ4v) is 5.86. The van der Waals surface area contributed by atoms with Gasteiger partial charge < -0.3 is 20.5 Å². The molecule has 0 spiro atoms. The van der Waals surface area contributed by atoms with Gasteiger partial charge in [0.05, 0.1) is 11.0 Å². The lowest BCUT2D eigenvalue weighted by atomic mass is 10.2. The smallest absolute Gasteiger partial charge is 0.255 e. The van der Waals surface area contributed by atoms with Crippen molar-refractivity contribution in [2.75, 3.05) is 58.6 Å². The summed E-state index contributed by atoms with van der Waals surface area (Å²) in [6.45, 7) is 1.39. The number of H-pyrrole nitrogens is 1. The Hall–Kier alpha value is -2.47. The molecule has 0 fully saturated rings. The van der Waals surface area contributed by atoms with Gasteiger partial charge in [-0.15, -0.1) is 23.2 Å². The topological polar surface area (TPSA) is 90.1 Å². The number of aromatic amines is 1. The van der Waals surface area contributed by atoms with E-state index >= 15 is 0 Å². The zero-order valence-electron chi connectivity index (χ0n) is 22.3. The molecule has 2 amide bonds. The van der Waals surface area contributed by atoms with Crippen LogP contribution in [0.2, 0.25) is 0 Å². The van der Waals surface area contributed by atoms with Crippen molar-refractivity contribution in [1.29, 1.82) is 0 Å². The number of amides is 2. The van der Waals surface area contributed by atoms with Gasteiger partial charge in [-0.3, -0.25) is 9.59 Å². The quantitative estimate of drug-likeness (QED) is 0.105. The molecule has 0 atom stereocenters. The van der Waals surface area contributed by atoms with Crippen LogP contribution in [0.25, 0.3) is 22.4 Å². The van der Waals surface area contributed by atoms with Crippen LogP contribution in [-0.2, 0) is 4.79 Å². The molecule has 212 valence electrons.